The molecule has 4 heteroatoms. The van der Waals surface area contributed by atoms with Gasteiger partial charge in [-0.1, -0.05) is 12.1 Å². The molecule has 94 valence electrons. The smallest absolute Gasteiger partial charge is 0.0937 e. The number of nitrogens with one attached hydrogen (secondary N) is 2. The van der Waals surface area contributed by atoms with Gasteiger partial charge in [0.25, 0.3) is 0 Å². The van der Waals surface area contributed by atoms with E-state index in [0.717, 1.165) is 32.5 Å². The molecule has 1 aromatic carbocycles. The van der Waals surface area contributed by atoms with Crippen molar-refractivity contribution in [2.24, 2.45) is 0 Å². The standard InChI is InChI=1S/C14H17N3S/c1-2-12-3-6-16-13(12)9-11(1)10-15-5-4-14-17-7-8-18-14/h1-2,7-9,15-16H,3-6,10H2. The molecule has 2 N–H and O–H groups in total. The number of hydrogen-bond donors (Lipinski definition) is 2. The van der Waals surface area contributed by atoms with Crippen LogP contribution in [0.15, 0.2) is 29.8 Å². The molecule has 1 aliphatic heterocycles. The molecule has 0 radical (unpaired) electrons. The van der Waals surface area contributed by atoms with Gasteiger partial charge in [-0.2, -0.15) is 0 Å². The maximum absolute atomic E-state index is 4.28. The van der Waals surface area contributed by atoms with E-state index in [1.54, 1.807) is 11.3 Å². The van der Waals surface area contributed by atoms with E-state index in [1.807, 2.05) is 11.6 Å². The van der Waals surface area contributed by atoms with Crippen molar-refractivity contribution in [3.63, 3.8) is 0 Å². The molecule has 0 fully saturated rings. The zero-order valence-electron chi connectivity index (χ0n) is 10.3. The van der Waals surface area contributed by atoms with Crippen LogP contribution in [-0.4, -0.2) is 18.1 Å². The summed E-state index contributed by atoms with van der Waals surface area (Å²) in [6.07, 6.45) is 4.04. The third-order valence-electron chi connectivity index (χ3n) is 3.21. The van der Waals surface area contributed by atoms with Crippen LogP contribution in [0.5, 0.6) is 0 Å². The van der Waals surface area contributed by atoms with Crippen LogP contribution in [-0.2, 0) is 19.4 Å². The molecule has 0 saturated heterocycles. The minimum Gasteiger partial charge on any atom is -0.384 e. The molecule has 1 aromatic heterocycles. The topological polar surface area (TPSA) is 37.0 Å². The first-order valence-electron chi connectivity index (χ1n) is 6.36. The zero-order valence-corrected chi connectivity index (χ0v) is 11.1. The molecular formula is C14H17N3S. The van der Waals surface area contributed by atoms with Gasteiger partial charge in [0.05, 0.1) is 5.01 Å². The average molecular weight is 259 g/mol. The zero-order chi connectivity index (χ0) is 12.2. The van der Waals surface area contributed by atoms with E-state index in [0.29, 0.717) is 0 Å². The Morgan fingerprint density at radius 1 is 1.39 bits per heavy atom. The van der Waals surface area contributed by atoms with Crippen molar-refractivity contribution in [2.75, 3.05) is 18.4 Å². The highest BCUT2D eigenvalue weighted by atomic mass is 32.1. The van der Waals surface area contributed by atoms with Gasteiger partial charge in [-0.15, -0.1) is 11.3 Å². The summed E-state index contributed by atoms with van der Waals surface area (Å²) < 4.78 is 0. The van der Waals surface area contributed by atoms with Gasteiger partial charge < -0.3 is 10.6 Å². The van der Waals surface area contributed by atoms with Crippen molar-refractivity contribution < 1.29 is 0 Å². The average Bonchev–Trinajstić information content (AvgIpc) is 3.05. The molecule has 18 heavy (non-hydrogen) atoms. The van der Waals surface area contributed by atoms with Crippen molar-refractivity contribution >= 4 is 17.0 Å². The lowest BCUT2D eigenvalue weighted by Gasteiger charge is -2.06. The fraction of sp³-hybridized carbons (Fsp3) is 0.357. The summed E-state index contributed by atoms with van der Waals surface area (Å²) in [6, 6.07) is 6.73. The van der Waals surface area contributed by atoms with Crippen LogP contribution in [0.4, 0.5) is 5.69 Å². The number of rotatable bonds is 5. The maximum atomic E-state index is 4.28. The van der Waals surface area contributed by atoms with Gasteiger partial charge in [-0.25, -0.2) is 4.98 Å². The summed E-state index contributed by atoms with van der Waals surface area (Å²) in [5.41, 5.74) is 4.11. The van der Waals surface area contributed by atoms with Crippen molar-refractivity contribution in [3.05, 3.63) is 45.9 Å². The van der Waals surface area contributed by atoms with E-state index in [9.17, 15) is 0 Å². The Hall–Kier alpha value is -1.39. The van der Waals surface area contributed by atoms with Crippen molar-refractivity contribution in [3.8, 4) is 0 Å². The largest absolute Gasteiger partial charge is 0.384 e. The van der Waals surface area contributed by atoms with Crippen LogP contribution < -0.4 is 10.6 Å². The first-order valence-corrected chi connectivity index (χ1v) is 7.24. The van der Waals surface area contributed by atoms with Gasteiger partial charge in [0.1, 0.15) is 0 Å². The van der Waals surface area contributed by atoms with E-state index in [2.05, 4.69) is 33.8 Å². The number of aromatic nitrogens is 1. The highest BCUT2D eigenvalue weighted by Crippen LogP contribution is 2.22. The molecular weight excluding hydrogens is 242 g/mol. The highest BCUT2D eigenvalue weighted by molar-refractivity contribution is 7.09. The quantitative estimate of drug-likeness (QED) is 0.810. The molecule has 3 rings (SSSR count). The molecule has 0 amide bonds. The summed E-state index contributed by atoms with van der Waals surface area (Å²) in [5.74, 6) is 0. The Labute approximate surface area is 111 Å². The fourth-order valence-electron chi connectivity index (χ4n) is 2.25. The van der Waals surface area contributed by atoms with Crippen molar-refractivity contribution in [2.45, 2.75) is 19.4 Å². The SMILES string of the molecule is c1csc(CCNCc2ccc3c(c2)NCC3)n1. The molecule has 2 aromatic rings. The minimum atomic E-state index is 0.931. The van der Waals surface area contributed by atoms with Crippen molar-refractivity contribution in [1.82, 2.24) is 10.3 Å². The molecule has 0 unspecified atom stereocenters. The first-order chi connectivity index (χ1) is 8.92. The fourth-order valence-corrected chi connectivity index (χ4v) is 2.87. The summed E-state index contributed by atoms with van der Waals surface area (Å²) >= 11 is 1.72. The first kappa shape index (κ1) is 11.7. The Kier molecular flexibility index (Phi) is 3.57. The molecule has 0 saturated carbocycles. The summed E-state index contributed by atoms with van der Waals surface area (Å²) in [7, 11) is 0. The Bertz CT molecular complexity index is 508. The Balaban J connectivity index is 1.48. The van der Waals surface area contributed by atoms with Crippen LogP contribution in [0, 0.1) is 0 Å². The molecule has 0 aliphatic carbocycles. The molecule has 0 spiro atoms. The number of thiazole rings is 1. The van der Waals surface area contributed by atoms with Crippen LogP contribution in [0.1, 0.15) is 16.1 Å². The van der Waals surface area contributed by atoms with Crippen LogP contribution in [0.2, 0.25) is 0 Å². The summed E-state index contributed by atoms with van der Waals surface area (Å²) in [5, 5.41) is 10.1. The number of fused-ring (bicyclic) bond motifs is 1. The van der Waals surface area contributed by atoms with Gasteiger partial charge in [-0.3, -0.25) is 0 Å². The van der Waals surface area contributed by atoms with Gasteiger partial charge >= 0.3 is 0 Å². The second-order valence-corrected chi connectivity index (χ2v) is 5.50. The molecule has 3 nitrogen and oxygen atoms in total. The lowest BCUT2D eigenvalue weighted by molar-refractivity contribution is 0.685. The van der Waals surface area contributed by atoms with Gasteiger partial charge in [-0.05, 0) is 23.6 Å². The highest BCUT2D eigenvalue weighted by Gasteiger charge is 2.09. The van der Waals surface area contributed by atoms with Crippen molar-refractivity contribution in [1.29, 1.82) is 0 Å². The van der Waals surface area contributed by atoms with Gasteiger partial charge in [0.15, 0.2) is 0 Å². The van der Waals surface area contributed by atoms with Crippen LogP contribution >= 0.6 is 11.3 Å². The molecule has 0 atom stereocenters. The van der Waals surface area contributed by atoms with Gasteiger partial charge in [0, 0.05) is 43.3 Å². The predicted molar refractivity (Wildman–Crippen MR) is 76.2 cm³/mol. The minimum absolute atomic E-state index is 0.931. The molecule has 0 bridgehead atoms. The van der Waals surface area contributed by atoms with E-state index in [4.69, 9.17) is 0 Å². The number of benzene rings is 1. The lowest BCUT2D eigenvalue weighted by atomic mass is 10.1. The van der Waals surface area contributed by atoms with Crippen LogP contribution in [0.3, 0.4) is 0 Å². The second kappa shape index (κ2) is 5.50. The van der Waals surface area contributed by atoms with E-state index in [1.165, 1.54) is 21.8 Å². The molecule has 1 aliphatic rings. The predicted octanol–water partition coefficient (Wildman–Crippen LogP) is 2.44. The third kappa shape index (κ3) is 2.71. The number of anilines is 1. The van der Waals surface area contributed by atoms with E-state index in [-0.39, 0.29) is 0 Å². The third-order valence-corrected chi connectivity index (χ3v) is 4.05. The van der Waals surface area contributed by atoms with E-state index < -0.39 is 0 Å². The number of nitrogens with zero attached hydrogens (tertiary/aromatic N) is 1. The summed E-state index contributed by atoms with van der Waals surface area (Å²) in [6.45, 7) is 2.99. The lowest BCUT2D eigenvalue weighted by Crippen LogP contribution is -2.16. The number of hydrogen-bond acceptors (Lipinski definition) is 4. The Morgan fingerprint density at radius 3 is 3.28 bits per heavy atom. The Morgan fingerprint density at radius 2 is 2.39 bits per heavy atom. The van der Waals surface area contributed by atoms with E-state index >= 15 is 0 Å². The second-order valence-electron chi connectivity index (χ2n) is 4.52. The van der Waals surface area contributed by atoms with Crippen LogP contribution in [0.25, 0.3) is 0 Å². The maximum Gasteiger partial charge on any atom is 0.0937 e. The molecule has 2 heterocycles. The summed E-state index contributed by atoms with van der Waals surface area (Å²) in [4.78, 5) is 4.28. The van der Waals surface area contributed by atoms with Gasteiger partial charge in [0.2, 0.25) is 0 Å². The monoisotopic (exact) mass is 259 g/mol. The normalized spacial score (nSPS) is 13.3.